The van der Waals surface area contributed by atoms with Crippen LogP contribution in [0.4, 0.5) is 5.69 Å². The summed E-state index contributed by atoms with van der Waals surface area (Å²) in [6, 6.07) is 6.55. The maximum absolute atomic E-state index is 10.8. The molecule has 3 N–H and O–H groups in total. The van der Waals surface area contributed by atoms with Crippen molar-refractivity contribution < 1.29 is 9.72 Å². The Bertz CT molecular complexity index is 412. The Morgan fingerprint density at radius 3 is 2.82 bits per heavy atom. The van der Waals surface area contributed by atoms with Gasteiger partial charge in [0.25, 0.3) is 5.69 Å². The average molecular weight is 255 g/mol. The number of carbonyl (C=O) groups excluding carboxylic acids is 1. The van der Waals surface area contributed by atoms with Gasteiger partial charge in [-0.2, -0.15) is 0 Å². The zero-order chi connectivity index (χ0) is 12.7. The molecular formula is C10H13N3O3S. The second kappa shape index (κ2) is 6.87. The standard InChI is InChI=1S/C10H13N3O3S/c11-12-10(14)6-3-7-17-9-5-2-1-4-8(9)13(15)16/h1-2,4-5H,3,6-7,11H2,(H,12,14). The van der Waals surface area contributed by atoms with Crippen LogP contribution in [-0.4, -0.2) is 16.6 Å². The first-order valence-electron chi connectivity index (χ1n) is 5.01. The maximum Gasteiger partial charge on any atom is 0.282 e. The van der Waals surface area contributed by atoms with Crippen molar-refractivity contribution in [2.45, 2.75) is 17.7 Å². The van der Waals surface area contributed by atoms with Gasteiger partial charge in [0, 0.05) is 12.5 Å². The van der Waals surface area contributed by atoms with Gasteiger partial charge in [0.2, 0.25) is 5.91 Å². The summed E-state index contributed by atoms with van der Waals surface area (Å²) < 4.78 is 0. The number of amides is 1. The second-order valence-electron chi connectivity index (χ2n) is 3.24. The number of hydrogen-bond donors (Lipinski definition) is 2. The van der Waals surface area contributed by atoms with Gasteiger partial charge in [-0.1, -0.05) is 12.1 Å². The summed E-state index contributed by atoms with van der Waals surface area (Å²) in [6.07, 6.45) is 0.948. The van der Waals surface area contributed by atoms with Crippen LogP contribution in [0.5, 0.6) is 0 Å². The Morgan fingerprint density at radius 1 is 1.47 bits per heavy atom. The van der Waals surface area contributed by atoms with Crippen molar-refractivity contribution in [1.82, 2.24) is 5.43 Å². The van der Waals surface area contributed by atoms with E-state index in [1.165, 1.54) is 17.8 Å². The third-order valence-corrected chi connectivity index (χ3v) is 3.18. The molecule has 0 aromatic heterocycles. The third-order valence-electron chi connectivity index (χ3n) is 2.03. The Hall–Kier alpha value is -1.60. The predicted octanol–water partition coefficient (Wildman–Crippen LogP) is 1.46. The highest BCUT2D eigenvalue weighted by molar-refractivity contribution is 7.99. The minimum absolute atomic E-state index is 0.0979. The molecule has 0 aliphatic carbocycles. The second-order valence-corrected chi connectivity index (χ2v) is 4.38. The lowest BCUT2D eigenvalue weighted by Crippen LogP contribution is -2.29. The van der Waals surface area contributed by atoms with Crippen LogP contribution in [0.1, 0.15) is 12.8 Å². The van der Waals surface area contributed by atoms with E-state index in [1.807, 2.05) is 5.43 Å². The van der Waals surface area contributed by atoms with E-state index in [-0.39, 0.29) is 11.6 Å². The molecular weight excluding hydrogens is 242 g/mol. The molecule has 0 aliphatic heterocycles. The van der Waals surface area contributed by atoms with Gasteiger partial charge in [-0.05, 0) is 18.2 Å². The van der Waals surface area contributed by atoms with E-state index in [0.29, 0.717) is 23.5 Å². The Kier molecular flexibility index (Phi) is 5.44. The number of thioether (sulfide) groups is 1. The molecule has 0 atom stereocenters. The number of benzene rings is 1. The van der Waals surface area contributed by atoms with Gasteiger partial charge in [-0.15, -0.1) is 11.8 Å². The number of nitrogens with one attached hydrogen (secondary N) is 1. The van der Waals surface area contributed by atoms with Crippen LogP contribution < -0.4 is 11.3 Å². The molecule has 17 heavy (non-hydrogen) atoms. The zero-order valence-corrected chi connectivity index (χ0v) is 9.90. The molecule has 0 saturated carbocycles. The molecule has 0 aliphatic rings. The summed E-state index contributed by atoms with van der Waals surface area (Å²) in [5, 5.41) is 10.7. The highest BCUT2D eigenvalue weighted by Gasteiger charge is 2.12. The van der Waals surface area contributed by atoms with E-state index in [1.54, 1.807) is 18.2 Å². The average Bonchev–Trinajstić information content (AvgIpc) is 2.34. The van der Waals surface area contributed by atoms with E-state index in [2.05, 4.69) is 0 Å². The fraction of sp³-hybridized carbons (Fsp3) is 0.300. The first-order valence-corrected chi connectivity index (χ1v) is 5.99. The molecule has 7 heteroatoms. The minimum atomic E-state index is -0.408. The molecule has 0 radical (unpaired) electrons. The van der Waals surface area contributed by atoms with Crippen LogP contribution in [0.25, 0.3) is 0 Å². The highest BCUT2D eigenvalue weighted by Crippen LogP contribution is 2.29. The quantitative estimate of drug-likeness (QED) is 0.200. The summed E-state index contributed by atoms with van der Waals surface area (Å²) in [4.78, 5) is 21.8. The van der Waals surface area contributed by atoms with Crippen molar-refractivity contribution in [3.63, 3.8) is 0 Å². The van der Waals surface area contributed by atoms with Gasteiger partial charge < -0.3 is 0 Å². The summed E-state index contributed by atoms with van der Waals surface area (Å²) in [7, 11) is 0. The van der Waals surface area contributed by atoms with Crippen molar-refractivity contribution in [2.75, 3.05) is 5.75 Å². The number of nitrogens with two attached hydrogens (primary N) is 1. The van der Waals surface area contributed by atoms with Gasteiger partial charge >= 0.3 is 0 Å². The fourth-order valence-electron chi connectivity index (χ4n) is 1.22. The lowest BCUT2D eigenvalue weighted by atomic mass is 10.3. The first-order chi connectivity index (χ1) is 8.15. The zero-order valence-electron chi connectivity index (χ0n) is 9.09. The van der Waals surface area contributed by atoms with Crippen molar-refractivity contribution in [3.8, 4) is 0 Å². The van der Waals surface area contributed by atoms with Crippen LogP contribution in [0.3, 0.4) is 0 Å². The van der Waals surface area contributed by atoms with Crippen LogP contribution in [0, 0.1) is 10.1 Å². The van der Waals surface area contributed by atoms with Crippen molar-refractivity contribution in [3.05, 3.63) is 34.4 Å². The SMILES string of the molecule is NNC(=O)CCCSc1ccccc1[N+](=O)[O-]. The molecule has 0 saturated heterocycles. The molecule has 0 bridgehead atoms. The molecule has 1 amide bonds. The summed E-state index contributed by atoms with van der Waals surface area (Å²) in [5.74, 6) is 5.34. The van der Waals surface area contributed by atoms with Crippen molar-refractivity contribution >= 4 is 23.4 Å². The number of hydrazine groups is 1. The lowest BCUT2D eigenvalue weighted by molar-refractivity contribution is -0.387. The van der Waals surface area contributed by atoms with Crippen LogP contribution in [0.15, 0.2) is 29.2 Å². The van der Waals surface area contributed by atoms with E-state index in [4.69, 9.17) is 5.84 Å². The number of carbonyl (C=O) groups is 1. The molecule has 0 spiro atoms. The molecule has 0 fully saturated rings. The first kappa shape index (κ1) is 13.5. The van der Waals surface area contributed by atoms with Gasteiger partial charge in [0.05, 0.1) is 9.82 Å². The van der Waals surface area contributed by atoms with Gasteiger partial charge in [0.15, 0.2) is 0 Å². The van der Waals surface area contributed by atoms with E-state index in [0.717, 1.165) is 0 Å². The van der Waals surface area contributed by atoms with E-state index in [9.17, 15) is 14.9 Å². The number of para-hydroxylation sites is 1. The normalized spacial score (nSPS) is 9.94. The molecule has 1 aromatic carbocycles. The number of nitro groups is 1. The predicted molar refractivity (Wildman–Crippen MR) is 65.4 cm³/mol. The van der Waals surface area contributed by atoms with Gasteiger partial charge in [-0.3, -0.25) is 20.3 Å². The smallest absolute Gasteiger partial charge is 0.282 e. The Balaban J connectivity index is 2.46. The molecule has 0 heterocycles. The molecule has 1 aromatic rings. The monoisotopic (exact) mass is 255 g/mol. The number of nitro benzene ring substituents is 1. The maximum atomic E-state index is 10.8. The van der Waals surface area contributed by atoms with Crippen molar-refractivity contribution in [2.24, 2.45) is 5.84 Å². The fourth-order valence-corrected chi connectivity index (χ4v) is 2.19. The third kappa shape index (κ3) is 4.41. The minimum Gasteiger partial charge on any atom is -0.294 e. The number of nitrogens with zero attached hydrogens (tertiary/aromatic N) is 1. The molecule has 0 unspecified atom stereocenters. The van der Waals surface area contributed by atoms with E-state index < -0.39 is 4.92 Å². The summed E-state index contributed by atoms with van der Waals surface area (Å²) in [6.45, 7) is 0. The summed E-state index contributed by atoms with van der Waals surface area (Å²) >= 11 is 1.37. The molecule has 92 valence electrons. The molecule has 6 nitrogen and oxygen atoms in total. The van der Waals surface area contributed by atoms with Crippen LogP contribution >= 0.6 is 11.8 Å². The van der Waals surface area contributed by atoms with Crippen molar-refractivity contribution in [1.29, 1.82) is 0 Å². The highest BCUT2D eigenvalue weighted by atomic mass is 32.2. The lowest BCUT2D eigenvalue weighted by Gasteiger charge is -2.02. The summed E-state index contributed by atoms with van der Waals surface area (Å²) in [5.41, 5.74) is 2.13. The number of rotatable bonds is 6. The van der Waals surface area contributed by atoms with E-state index >= 15 is 0 Å². The largest absolute Gasteiger partial charge is 0.294 e. The van der Waals surface area contributed by atoms with Crippen LogP contribution in [-0.2, 0) is 4.79 Å². The molecule has 1 rings (SSSR count). The van der Waals surface area contributed by atoms with Crippen LogP contribution in [0.2, 0.25) is 0 Å². The number of hydrogen-bond acceptors (Lipinski definition) is 5. The van der Waals surface area contributed by atoms with Gasteiger partial charge in [-0.25, -0.2) is 5.84 Å². The van der Waals surface area contributed by atoms with Gasteiger partial charge in [0.1, 0.15) is 0 Å². The Morgan fingerprint density at radius 2 is 2.18 bits per heavy atom. The topological polar surface area (TPSA) is 98.3 Å². The Labute approximate surface area is 103 Å².